The number of hydrogen-bond donors (Lipinski definition) is 1. The number of nitrogens with one attached hydrogen (secondary N) is 1. The van der Waals surface area contributed by atoms with Crippen molar-refractivity contribution in [2.45, 2.75) is 64.2 Å². The number of nitrogens with zero attached hydrogens (tertiary/aromatic N) is 5. The number of allylic oxidation sites excluding steroid dienone is 1. The molecule has 0 radical (unpaired) electrons. The van der Waals surface area contributed by atoms with Gasteiger partial charge in [0, 0.05) is 18.3 Å². The third kappa shape index (κ3) is 4.35. The summed E-state index contributed by atoms with van der Waals surface area (Å²) in [7, 11) is 0. The number of aryl methyl sites for hydroxylation is 1. The standard InChI is InChI=1S/C24H28N6O2S/c1-5-11-29-23(19-10-12-32-17(19)4)27-28-24(29)33-14-21(31)26-22-20(13-25)15(2)16(3)30(22)18-8-6-7-9-18/h5,10,12,18H,1,6-9,11,14H2,2-4H3,(H,26,31). The lowest BCUT2D eigenvalue weighted by molar-refractivity contribution is -0.113. The highest BCUT2D eigenvalue weighted by atomic mass is 32.2. The van der Waals surface area contributed by atoms with E-state index in [-0.39, 0.29) is 11.7 Å². The predicted octanol–water partition coefficient (Wildman–Crippen LogP) is 5.17. The number of furan rings is 1. The molecular formula is C24H28N6O2S. The molecule has 0 aromatic carbocycles. The Morgan fingerprint density at radius 1 is 1.36 bits per heavy atom. The van der Waals surface area contributed by atoms with Gasteiger partial charge in [-0.1, -0.05) is 30.7 Å². The van der Waals surface area contributed by atoms with Crippen LogP contribution in [0.3, 0.4) is 0 Å². The number of hydrogen-bond acceptors (Lipinski definition) is 6. The van der Waals surface area contributed by atoms with Gasteiger partial charge in [0.2, 0.25) is 5.91 Å². The van der Waals surface area contributed by atoms with Crippen LogP contribution in [0.1, 0.15) is 54.3 Å². The van der Waals surface area contributed by atoms with Crippen LogP contribution >= 0.6 is 11.8 Å². The van der Waals surface area contributed by atoms with Crippen LogP contribution in [0, 0.1) is 32.1 Å². The first kappa shape index (κ1) is 22.9. The van der Waals surface area contributed by atoms with Crippen LogP contribution in [0.2, 0.25) is 0 Å². The maximum atomic E-state index is 13.0. The Bertz CT molecular complexity index is 1220. The minimum Gasteiger partial charge on any atom is -0.469 e. The molecule has 4 rings (SSSR count). The van der Waals surface area contributed by atoms with E-state index in [2.05, 4.69) is 32.7 Å². The number of aromatic nitrogens is 4. The zero-order chi connectivity index (χ0) is 23.5. The molecule has 0 aliphatic heterocycles. The van der Waals surface area contributed by atoms with Crippen LogP contribution in [0.15, 0.2) is 34.6 Å². The smallest absolute Gasteiger partial charge is 0.235 e. The number of carbonyl (C=O) groups is 1. The molecule has 3 heterocycles. The minimum absolute atomic E-state index is 0.151. The van der Waals surface area contributed by atoms with E-state index in [0.717, 1.165) is 35.4 Å². The van der Waals surface area contributed by atoms with Crippen molar-refractivity contribution in [2.24, 2.45) is 0 Å². The van der Waals surface area contributed by atoms with Gasteiger partial charge in [0.25, 0.3) is 0 Å². The first-order chi connectivity index (χ1) is 16.0. The van der Waals surface area contributed by atoms with Gasteiger partial charge in [-0.25, -0.2) is 0 Å². The summed E-state index contributed by atoms with van der Waals surface area (Å²) < 4.78 is 9.48. The molecule has 8 nitrogen and oxygen atoms in total. The maximum Gasteiger partial charge on any atom is 0.235 e. The minimum atomic E-state index is -0.178. The van der Waals surface area contributed by atoms with Gasteiger partial charge in [0.05, 0.1) is 23.1 Å². The summed E-state index contributed by atoms with van der Waals surface area (Å²) in [6, 6.07) is 4.47. The Labute approximate surface area is 197 Å². The first-order valence-corrected chi connectivity index (χ1v) is 12.1. The maximum absolute atomic E-state index is 13.0. The van der Waals surface area contributed by atoms with E-state index in [4.69, 9.17) is 4.42 Å². The lowest BCUT2D eigenvalue weighted by Crippen LogP contribution is -2.20. The summed E-state index contributed by atoms with van der Waals surface area (Å²) in [4.78, 5) is 13.0. The summed E-state index contributed by atoms with van der Waals surface area (Å²) >= 11 is 1.31. The van der Waals surface area contributed by atoms with E-state index < -0.39 is 0 Å². The normalized spacial score (nSPS) is 13.9. The van der Waals surface area contributed by atoms with Crippen LogP contribution < -0.4 is 5.32 Å². The van der Waals surface area contributed by atoms with Gasteiger partial charge in [-0.3, -0.25) is 9.36 Å². The lowest BCUT2D eigenvalue weighted by Gasteiger charge is -2.19. The number of anilines is 1. The third-order valence-electron chi connectivity index (χ3n) is 6.28. The molecule has 33 heavy (non-hydrogen) atoms. The quantitative estimate of drug-likeness (QED) is 0.365. The Morgan fingerprint density at radius 2 is 2.12 bits per heavy atom. The average molecular weight is 465 g/mol. The van der Waals surface area contributed by atoms with Gasteiger partial charge in [0.1, 0.15) is 17.6 Å². The Balaban J connectivity index is 1.54. The highest BCUT2D eigenvalue weighted by molar-refractivity contribution is 7.99. The molecule has 1 amide bonds. The summed E-state index contributed by atoms with van der Waals surface area (Å²) in [5.74, 6) is 2.02. The van der Waals surface area contributed by atoms with E-state index in [1.165, 1.54) is 24.6 Å². The predicted molar refractivity (Wildman–Crippen MR) is 128 cm³/mol. The number of amides is 1. The molecule has 0 unspecified atom stereocenters. The number of rotatable bonds is 8. The van der Waals surface area contributed by atoms with Crippen molar-refractivity contribution in [2.75, 3.05) is 11.1 Å². The summed E-state index contributed by atoms with van der Waals surface area (Å²) in [5, 5.41) is 22.0. The molecule has 0 saturated heterocycles. The molecule has 0 atom stereocenters. The van der Waals surface area contributed by atoms with Gasteiger partial charge in [-0.05, 0) is 45.2 Å². The molecule has 1 N–H and O–H groups in total. The van der Waals surface area contributed by atoms with E-state index in [1.807, 2.05) is 31.4 Å². The average Bonchev–Trinajstić information content (AvgIpc) is 3.57. The fourth-order valence-electron chi connectivity index (χ4n) is 4.51. The molecular weight excluding hydrogens is 436 g/mol. The lowest BCUT2D eigenvalue weighted by atomic mass is 10.2. The zero-order valence-electron chi connectivity index (χ0n) is 19.2. The SMILES string of the molecule is C=CCn1c(SCC(=O)Nc2c(C#N)c(C)c(C)n2C2CCCC2)nnc1-c1ccoc1C. The van der Waals surface area contributed by atoms with Crippen molar-refractivity contribution < 1.29 is 9.21 Å². The van der Waals surface area contributed by atoms with Crippen molar-refractivity contribution >= 4 is 23.5 Å². The van der Waals surface area contributed by atoms with Gasteiger partial charge in [0.15, 0.2) is 11.0 Å². The van der Waals surface area contributed by atoms with Gasteiger partial charge >= 0.3 is 0 Å². The Morgan fingerprint density at radius 3 is 2.76 bits per heavy atom. The van der Waals surface area contributed by atoms with E-state index in [0.29, 0.717) is 34.9 Å². The second-order valence-electron chi connectivity index (χ2n) is 8.29. The Hall–Kier alpha value is -3.25. The Kier molecular flexibility index (Phi) is 6.75. The third-order valence-corrected chi connectivity index (χ3v) is 7.24. The monoisotopic (exact) mass is 464 g/mol. The summed E-state index contributed by atoms with van der Waals surface area (Å²) in [6.07, 6.45) is 7.87. The van der Waals surface area contributed by atoms with Gasteiger partial charge in [-0.15, -0.1) is 16.8 Å². The van der Waals surface area contributed by atoms with Crippen molar-refractivity contribution in [1.29, 1.82) is 5.26 Å². The number of carbonyl (C=O) groups excluding carboxylic acids is 1. The summed E-state index contributed by atoms with van der Waals surface area (Å²) in [5.41, 5.74) is 3.38. The van der Waals surface area contributed by atoms with E-state index >= 15 is 0 Å². The largest absolute Gasteiger partial charge is 0.469 e. The molecule has 0 spiro atoms. The fraction of sp³-hybridized carbons (Fsp3) is 0.417. The van der Waals surface area contributed by atoms with Gasteiger partial charge < -0.3 is 14.3 Å². The van der Waals surface area contributed by atoms with Crippen LogP contribution in [0.4, 0.5) is 5.82 Å². The van der Waals surface area contributed by atoms with E-state index in [9.17, 15) is 10.1 Å². The van der Waals surface area contributed by atoms with Crippen LogP contribution in [0.5, 0.6) is 0 Å². The first-order valence-electron chi connectivity index (χ1n) is 11.1. The molecule has 0 bridgehead atoms. The van der Waals surface area contributed by atoms with Crippen molar-refractivity contribution in [1.82, 2.24) is 19.3 Å². The fourth-order valence-corrected chi connectivity index (χ4v) is 5.26. The van der Waals surface area contributed by atoms with Crippen LogP contribution in [0.25, 0.3) is 11.4 Å². The van der Waals surface area contributed by atoms with E-state index in [1.54, 1.807) is 12.3 Å². The molecule has 1 aliphatic carbocycles. The molecule has 1 fully saturated rings. The highest BCUT2D eigenvalue weighted by Crippen LogP contribution is 2.38. The topological polar surface area (TPSA) is 102 Å². The highest BCUT2D eigenvalue weighted by Gasteiger charge is 2.27. The molecule has 1 saturated carbocycles. The molecule has 3 aromatic heterocycles. The van der Waals surface area contributed by atoms with Crippen molar-refractivity contribution in [3.8, 4) is 17.5 Å². The van der Waals surface area contributed by atoms with Crippen molar-refractivity contribution in [3.63, 3.8) is 0 Å². The summed E-state index contributed by atoms with van der Waals surface area (Å²) in [6.45, 7) is 10.2. The van der Waals surface area contributed by atoms with Crippen LogP contribution in [-0.4, -0.2) is 31.0 Å². The van der Waals surface area contributed by atoms with Crippen molar-refractivity contribution in [3.05, 3.63) is 47.6 Å². The van der Waals surface area contributed by atoms with Crippen LogP contribution in [-0.2, 0) is 11.3 Å². The number of thioether (sulfide) groups is 1. The molecule has 3 aromatic rings. The van der Waals surface area contributed by atoms with Gasteiger partial charge in [-0.2, -0.15) is 5.26 Å². The zero-order valence-corrected chi connectivity index (χ0v) is 20.0. The molecule has 9 heteroatoms. The molecule has 1 aliphatic rings. The second kappa shape index (κ2) is 9.71. The molecule has 172 valence electrons. The second-order valence-corrected chi connectivity index (χ2v) is 9.23. The number of nitriles is 1.